The number of ether oxygens (including phenoxy) is 1. The van der Waals surface area contributed by atoms with Gasteiger partial charge in [-0.1, -0.05) is 0 Å². The van der Waals surface area contributed by atoms with Crippen LogP contribution in [-0.4, -0.2) is 30.8 Å². The van der Waals surface area contributed by atoms with Crippen molar-refractivity contribution >= 4 is 23.2 Å². The molecule has 8 heteroatoms. The largest absolute Gasteiger partial charge is 0.461 e. The number of aryl methyl sites for hydroxylation is 2. The predicted molar refractivity (Wildman–Crippen MR) is 71.8 cm³/mol. The van der Waals surface area contributed by atoms with Crippen molar-refractivity contribution in [1.29, 1.82) is 0 Å². The van der Waals surface area contributed by atoms with Crippen molar-refractivity contribution in [2.75, 3.05) is 5.32 Å². The minimum atomic E-state index is -0.0357. The molecule has 0 aliphatic carbocycles. The van der Waals surface area contributed by atoms with E-state index < -0.39 is 0 Å². The van der Waals surface area contributed by atoms with E-state index in [2.05, 4.69) is 25.4 Å². The van der Waals surface area contributed by atoms with E-state index >= 15 is 0 Å². The Hall–Kier alpha value is -1.89. The van der Waals surface area contributed by atoms with Gasteiger partial charge in [0.2, 0.25) is 11.2 Å². The fourth-order valence-corrected chi connectivity index (χ4v) is 1.65. The molecule has 2 rings (SSSR count). The monoisotopic (exact) mass is 282 g/mol. The smallest absolute Gasteiger partial charge is 0.322 e. The molecule has 0 spiro atoms. The first kappa shape index (κ1) is 13.5. The molecule has 0 aliphatic heterocycles. The van der Waals surface area contributed by atoms with Crippen molar-refractivity contribution in [3.63, 3.8) is 0 Å². The van der Waals surface area contributed by atoms with Crippen molar-refractivity contribution in [2.45, 2.75) is 26.9 Å². The van der Waals surface area contributed by atoms with Crippen molar-refractivity contribution in [3.05, 3.63) is 17.2 Å². The number of aromatic nitrogens is 5. The zero-order valence-electron chi connectivity index (χ0n) is 11.2. The second-order valence-corrected chi connectivity index (χ2v) is 4.64. The highest BCUT2D eigenvalue weighted by Crippen LogP contribution is 2.19. The number of anilines is 2. The Labute approximate surface area is 116 Å². The lowest BCUT2D eigenvalue weighted by molar-refractivity contribution is 0.222. The van der Waals surface area contributed by atoms with Gasteiger partial charge in [0.05, 0.1) is 17.5 Å². The quantitative estimate of drug-likeness (QED) is 0.925. The highest BCUT2D eigenvalue weighted by Gasteiger charge is 2.10. The summed E-state index contributed by atoms with van der Waals surface area (Å²) in [6.45, 7) is 5.66. The van der Waals surface area contributed by atoms with Gasteiger partial charge in [0.25, 0.3) is 0 Å². The molecule has 102 valence electrons. The van der Waals surface area contributed by atoms with Gasteiger partial charge in [0, 0.05) is 13.2 Å². The van der Waals surface area contributed by atoms with Crippen LogP contribution in [0.4, 0.5) is 11.6 Å². The van der Waals surface area contributed by atoms with Crippen molar-refractivity contribution < 1.29 is 4.74 Å². The molecule has 2 aromatic rings. The number of halogens is 1. The topological polar surface area (TPSA) is 77.8 Å². The maximum absolute atomic E-state index is 5.84. The third-order valence-electron chi connectivity index (χ3n) is 2.19. The van der Waals surface area contributed by atoms with E-state index in [0.29, 0.717) is 5.95 Å². The predicted octanol–water partition coefficient (Wildman–Crippen LogP) is 2.10. The average Bonchev–Trinajstić information content (AvgIpc) is 2.55. The molecule has 0 aliphatic rings. The Morgan fingerprint density at radius 1 is 1.32 bits per heavy atom. The first-order valence-corrected chi connectivity index (χ1v) is 6.17. The normalized spacial score (nSPS) is 10.8. The number of hydrogen-bond donors (Lipinski definition) is 1. The molecule has 19 heavy (non-hydrogen) atoms. The van der Waals surface area contributed by atoms with E-state index in [9.17, 15) is 0 Å². The SMILES string of the molecule is Cc1nn(C)cc1Nc1nc(Cl)nc(OC(C)C)n1. The Morgan fingerprint density at radius 2 is 2.05 bits per heavy atom. The van der Waals surface area contributed by atoms with Crippen molar-refractivity contribution in [3.8, 4) is 6.01 Å². The second kappa shape index (κ2) is 5.40. The Kier molecular flexibility index (Phi) is 3.84. The van der Waals surface area contributed by atoms with Crippen LogP contribution in [0.2, 0.25) is 5.28 Å². The summed E-state index contributed by atoms with van der Waals surface area (Å²) in [5.41, 5.74) is 1.64. The van der Waals surface area contributed by atoms with Gasteiger partial charge in [-0.15, -0.1) is 0 Å². The van der Waals surface area contributed by atoms with Gasteiger partial charge in [-0.2, -0.15) is 20.1 Å². The summed E-state index contributed by atoms with van der Waals surface area (Å²) in [5.74, 6) is 0.326. The van der Waals surface area contributed by atoms with Gasteiger partial charge in [-0.05, 0) is 32.4 Å². The summed E-state index contributed by atoms with van der Waals surface area (Å²) >= 11 is 5.84. The Bertz CT molecular complexity index is 583. The van der Waals surface area contributed by atoms with Crippen LogP contribution in [-0.2, 0) is 7.05 Å². The van der Waals surface area contributed by atoms with Crippen LogP contribution >= 0.6 is 11.6 Å². The van der Waals surface area contributed by atoms with E-state index in [0.717, 1.165) is 11.4 Å². The molecule has 0 unspecified atom stereocenters. The summed E-state index contributed by atoms with van der Waals surface area (Å²) in [6.07, 6.45) is 1.79. The first-order valence-electron chi connectivity index (χ1n) is 5.79. The van der Waals surface area contributed by atoms with Crippen LogP contribution in [0.5, 0.6) is 6.01 Å². The average molecular weight is 283 g/mol. The molecule has 2 heterocycles. The first-order chi connectivity index (χ1) is 8.94. The number of nitrogens with one attached hydrogen (secondary N) is 1. The Morgan fingerprint density at radius 3 is 2.63 bits per heavy atom. The minimum absolute atomic E-state index is 0.0357. The molecular formula is C11H15ClN6O. The van der Waals surface area contributed by atoms with Crippen LogP contribution in [0, 0.1) is 6.92 Å². The van der Waals surface area contributed by atoms with Gasteiger partial charge >= 0.3 is 6.01 Å². The van der Waals surface area contributed by atoms with Gasteiger partial charge in [-0.3, -0.25) is 4.68 Å². The molecule has 0 fully saturated rings. The molecule has 2 aromatic heterocycles. The molecule has 0 saturated carbocycles. The lowest BCUT2D eigenvalue weighted by Gasteiger charge is -2.09. The van der Waals surface area contributed by atoms with Gasteiger partial charge in [0.1, 0.15) is 0 Å². The highest BCUT2D eigenvalue weighted by atomic mass is 35.5. The number of rotatable bonds is 4. The molecule has 0 bridgehead atoms. The lowest BCUT2D eigenvalue weighted by Crippen LogP contribution is -2.10. The molecule has 0 amide bonds. The number of nitrogens with zero attached hydrogens (tertiary/aromatic N) is 5. The van der Waals surface area contributed by atoms with E-state index in [-0.39, 0.29) is 17.4 Å². The van der Waals surface area contributed by atoms with Crippen molar-refractivity contribution in [2.24, 2.45) is 7.05 Å². The zero-order valence-corrected chi connectivity index (χ0v) is 11.9. The summed E-state index contributed by atoms with van der Waals surface area (Å²) in [5, 5.41) is 7.34. The van der Waals surface area contributed by atoms with E-state index in [1.807, 2.05) is 34.0 Å². The highest BCUT2D eigenvalue weighted by molar-refractivity contribution is 6.28. The third kappa shape index (κ3) is 3.54. The van der Waals surface area contributed by atoms with E-state index in [1.54, 1.807) is 4.68 Å². The van der Waals surface area contributed by atoms with Crippen molar-refractivity contribution in [1.82, 2.24) is 24.7 Å². The summed E-state index contributed by atoms with van der Waals surface area (Å²) in [4.78, 5) is 12.0. The van der Waals surface area contributed by atoms with Crippen LogP contribution in [0.25, 0.3) is 0 Å². The fourth-order valence-electron chi connectivity index (χ4n) is 1.49. The van der Waals surface area contributed by atoms with Crippen LogP contribution in [0.15, 0.2) is 6.20 Å². The number of hydrogen-bond acceptors (Lipinski definition) is 6. The van der Waals surface area contributed by atoms with Gasteiger partial charge in [0.15, 0.2) is 0 Å². The van der Waals surface area contributed by atoms with Gasteiger partial charge < -0.3 is 10.1 Å². The van der Waals surface area contributed by atoms with Crippen LogP contribution < -0.4 is 10.1 Å². The molecule has 0 atom stereocenters. The lowest BCUT2D eigenvalue weighted by atomic mass is 10.4. The summed E-state index contributed by atoms with van der Waals surface area (Å²) < 4.78 is 7.10. The molecule has 0 aromatic carbocycles. The third-order valence-corrected chi connectivity index (χ3v) is 2.36. The standard InChI is InChI=1S/C11H15ClN6O/c1-6(2)19-11-15-9(12)14-10(16-11)13-8-5-18(4)17-7(8)3/h5-6H,1-4H3,(H,13,14,15,16). The molecule has 0 saturated heterocycles. The maximum atomic E-state index is 5.84. The minimum Gasteiger partial charge on any atom is -0.461 e. The van der Waals surface area contributed by atoms with E-state index in [1.165, 1.54) is 0 Å². The maximum Gasteiger partial charge on any atom is 0.322 e. The second-order valence-electron chi connectivity index (χ2n) is 4.30. The fraction of sp³-hybridized carbons (Fsp3) is 0.455. The molecule has 1 N–H and O–H groups in total. The molecule has 7 nitrogen and oxygen atoms in total. The van der Waals surface area contributed by atoms with E-state index in [4.69, 9.17) is 16.3 Å². The summed E-state index contributed by atoms with van der Waals surface area (Å²) in [7, 11) is 1.84. The van der Waals surface area contributed by atoms with Crippen LogP contribution in [0.3, 0.4) is 0 Å². The summed E-state index contributed by atoms with van der Waals surface area (Å²) in [6, 6.07) is 0.194. The zero-order chi connectivity index (χ0) is 14.0. The van der Waals surface area contributed by atoms with Crippen LogP contribution in [0.1, 0.15) is 19.5 Å². The molecular weight excluding hydrogens is 268 g/mol. The Balaban J connectivity index is 2.25. The van der Waals surface area contributed by atoms with Gasteiger partial charge in [-0.25, -0.2) is 0 Å². The molecule has 0 radical (unpaired) electrons.